The van der Waals surface area contributed by atoms with Crippen LogP contribution in [-0.2, 0) is 25.1 Å². The summed E-state index contributed by atoms with van der Waals surface area (Å²) in [6, 6.07) is 5.22. The maximum absolute atomic E-state index is 14.8. The number of carbonyl (C=O) groups is 4. The van der Waals surface area contributed by atoms with Gasteiger partial charge in [-0.15, -0.1) is 6.58 Å². The van der Waals surface area contributed by atoms with Crippen LogP contribution in [0.1, 0.15) is 75.3 Å². The SMILES string of the molecule is C=C[C@@H]1C[C@]1(NC(=O)[C@@H]1C[C@@H](Oc2cc(C(=O)N(C)C)nc3c(Cl)c(OC)ccc23)CN1C(=O)[C@@H](NC(=O)OC1CCCC1)C(C)(C)C)P(=O)(O)Cc1c(F)cccc1F. The van der Waals surface area contributed by atoms with Gasteiger partial charge in [-0.3, -0.25) is 18.9 Å². The van der Waals surface area contributed by atoms with Gasteiger partial charge in [0.1, 0.15) is 63.4 Å². The van der Waals surface area contributed by atoms with Crippen molar-refractivity contribution in [1.29, 1.82) is 0 Å². The molecular weight excluding hydrogens is 823 g/mol. The van der Waals surface area contributed by atoms with Crippen molar-refractivity contribution in [3.8, 4) is 11.5 Å². The molecule has 2 aliphatic carbocycles. The summed E-state index contributed by atoms with van der Waals surface area (Å²) < 4.78 is 61.3. The van der Waals surface area contributed by atoms with Gasteiger partial charge in [0, 0.05) is 43.5 Å². The third kappa shape index (κ3) is 8.96. The lowest BCUT2D eigenvalue weighted by Gasteiger charge is -2.36. The molecule has 3 aromatic rings. The number of hydrogen-bond donors (Lipinski definition) is 3. The van der Waals surface area contributed by atoms with Gasteiger partial charge in [-0.1, -0.05) is 44.5 Å². The Morgan fingerprint density at radius 2 is 1.78 bits per heavy atom. The number of nitrogens with zero attached hydrogens (tertiary/aromatic N) is 3. The Hall–Kier alpha value is -4.79. The van der Waals surface area contributed by atoms with Crippen LogP contribution in [0, 0.1) is 23.0 Å². The molecule has 1 aliphatic heterocycles. The van der Waals surface area contributed by atoms with Crippen molar-refractivity contribution in [2.75, 3.05) is 27.7 Å². The van der Waals surface area contributed by atoms with Crippen molar-refractivity contribution in [3.63, 3.8) is 0 Å². The predicted octanol–water partition coefficient (Wildman–Crippen LogP) is 6.80. The molecule has 4 amide bonds. The molecule has 1 saturated heterocycles. The van der Waals surface area contributed by atoms with Crippen LogP contribution >= 0.6 is 19.0 Å². The van der Waals surface area contributed by atoms with Gasteiger partial charge in [0.2, 0.25) is 19.2 Å². The Morgan fingerprint density at radius 3 is 2.37 bits per heavy atom. The zero-order valence-corrected chi connectivity index (χ0v) is 36.1. The van der Waals surface area contributed by atoms with Crippen LogP contribution in [-0.4, -0.2) is 101 Å². The summed E-state index contributed by atoms with van der Waals surface area (Å²) >= 11 is 6.67. The predicted molar refractivity (Wildman–Crippen MR) is 220 cm³/mol. The van der Waals surface area contributed by atoms with Crippen LogP contribution in [0.25, 0.3) is 10.9 Å². The fourth-order valence-electron chi connectivity index (χ4n) is 8.00. The third-order valence-electron chi connectivity index (χ3n) is 11.5. The Labute approximate surface area is 352 Å². The van der Waals surface area contributed by atoms with Gasteiger partial charge >= 0.3 is 6.09 Å². The minimum atomic E-state index is -4.64. The molecule has 3 N–H and O–H groups in total. The highest BCUT2D eigenvalue weighted by atomic mass is 35.5. The van der Waals surface area contributed by atoms with Crippen molar-refractivity contribution in [2.24, 2.45) is 11.3 Å². The van der Waals surface area contributed by atoms with Gasteiger partial charge in [0.15, 0.2) is 0 Å². The molecule has 0 radical (unpaired) electrons. The summed E-state index contributed by atoms with van der Waals surface area (Å²) in [7, 11) is -0.105. The Morgan fingerprint density at radius 1 is 1.12 bits per heavy atom. The molecule has 60 heavy (non-hydrogen) atoms. The second kappa shape index (κ2) is 17.3. The summed E-state index contributed by atoms with van der Waals surface area (Å²) in [4.78, 5) is 74.4. The van der Waals surface area contributed by atoms with Crippen LogP contribution in [0.3, 0.4) is 0 Å². The largest absolute Gasteiger partial charge is 0.495 e. The van der Waals surface area contributed by atoms with E-state index in [1.54, 1.807) is 47.0 Å². The molecular formula is C42H51ClF2N5O9P. The van der Waals surface area contributed by atoms with Gasteiger partial charge in [-0.05, 0) is 61.8 Å². The van der Waals surface area contributed by atoms with E-state index in [0.29, 0.717) is 24.0 Å². The molecule has 3 aliphatic rings. The molecule has 6 atom stereocenters. The van der Waals surface area contributed by atoms with E-state index in [-0.39, 0.29) is 47.5 Å². The minimum Gasteiger partial charge on any atom is -0.495 e. The number of rotatable bonds is 13. The number of halogens is 3. The first-order valence-corrected chi connectivity index (χ1v) is 22.0. The monoisotopic (exact) mass is 873 g/mol. The van der Waals surface area contributed by atoms with E-state index in [2.05, 4.69) is 22.2 Å². The smallest absolute Gasteiger partial charge is 0.408 e. The molecule has 0 bridgehead atoms. The lowest BCUT2D eigenvalue weighted by atomic mass is 9.85. The number of hydrogen-bond acceptors (Lipinski definition) is 9. The van der Waals surface area contributed by atoms with E-state index >= 15 is 0 Å². The topological polar surface area (TPSA) is 177 Å². The second-order valence-electron chi connectivity index (χ2n) is 16.9. The second-order valence-corrected chi connectivity index (χ2v) is 19.8. The molecule has 324 valence electrons. The molecule has 2 aromatic carbocycles. The van der Waals surface area contributed by atoms with Crippen LogP contribution in [0.5, 0.6) is 11.5 Å². The zero-order valence-electron chi connectivity index (χ0n) is 34.4. The van der Waals surface area contributed by atoms with E-state index in [0.717, 1.165) is 31.0 Å². The number of carbonyl (C=O) groups excluding carboxylic acids is 4. The highest BCUT2D eigenvalue weighted by Gasteiger charge is 2.66. The number of benzene rings is 2. The number of nitrogens with one attached hydrogen (secondary N) is 2. The molecule has 6 rings (SSSR count). The number of fused-ring (bicyclic) bond motifs is 1. The van der Waals surface area contributed by atoms with E-state index in [4.69, 9.17) is 25.8 Å². The van der Waals surface area contributed by atoms with Crippen molar-refractivity contribution < 1.29 is 51.6 Å². The number of methoxy groups -OCH3 is 1. The van der Waals surface area contributed by atoms with Gasteiger partial charge in [-0.25, -0.2) is 18.6 Å². The fraction of sp³-hybridized carbons (Fsp3) is 0.500. The van der Waals surface area contributed by atoms with Crippen molar-refractivity contribution in [1.82, 2.24) is 25.4 Å². The minimum absolute atomic E-state index is 0.00761. The average Bonchev–Trinajstić information content (AvgIpc) is 3.45. The van der Waals surface area contributed by atoms with Crippen molar-refractivity contribution >= 4 is 53.7 Å². The number of aromatic nitrogens is 1. The van der Waals surface area contributed by atoms with Crippen molar-refractivity contribution in [2.45, 2.75) is 95.0 Å². The van der Waals surface area contributed by atoms with Crippen LogP contribution in [0.4, 0.5) is 13.6 Å². The number of likely N-dealkylation sites (tertiary alicyclic amines) is 1. The van der Waals surface area contributed by atoms with E-state index < -0.39 is 89.3 Å². The van der Waals surface area contributed by atoms with Gasteiger partial charge in [0.25, 0.3) is 5.91 Å². The van der Waals surface area contributed by atoms with E-state index in [1.165, 1.54) is 29.1 Å². The Bertz CT molecular complexity index is 2230. The van der Waals surface area contributed by atoms with Gasteiger partial charge in [-0.2, -0.15) is 0 Å². The summed E-state index contributed by atoms with van der Waals surface area (Å²) in [5.41, 5.74) is -1.31. The quantitative estimate of drug-likeness (QED) is 0.122. The maximum Gasteiger partial charge on any atom is 0.408 e. The number of alkyl carbamates (subject to hydrolysis) is 1. The molecule has 1 unspecified atom stereocenters. The molecule has 0 spiro atoms. The normalized spacial score (nSPS) is 23.0. The first-order chi connectivity index (χ1) is 28.2. The van der Waals surface area contributed by atoms with Crippen molar-refractivity contribution in [3.05, 3.63) is 77.0 Å². The molecule has 2 saturated carbocycles. The standard InChI is InChI=1S/C42H51ClF2N5O9P/c1-8-23-20-42(23,60(55,56)22-27-28(44)14-11-15-29(27)45)48-37(51)31-18-25(21-50(31)39(53)36(41(2,3)4)47-40(54)59-24-12-9-10-13-24)58-33-19-30(38(52)49(5)6)46-35-26(33)16-17-32(57-7)34(35)43/h8,11,14-17,19,23-25,31,36H,1,9-10,12-13,18,20-22H2,2-7H3,(H,47,54)(H,48,51)(H,55,56)/t23-,25-,31+,36-,42+/m1/s1. The Balaban J connectivity index is 1.36. The van der Waals surface area contributed by atoms with Crippen LogP contribution < -0.4 is 20.1 Å². The first-order valence-electron chi connectivity index (χ1n) is 19.7. The molecule has 18 heteroatoms. The molecule has 2 heterocycles. The highest BCUT2D eigenvalue weighted by Crippen LogP contribution is 2.71. The summed E-state index contributed by atoms with van der Waals surface area (Å²) in [6.45, 7) is 8.77. The highest BCUT2D eigenvalue weighted by molar-refractivity contribution is 7.59. The van der Waals surface area contributed by atoms with Gasteiger partial charge < -0.3 is 39.5 Å². The third-order valence-corrected chi connectivity index (χ3v) is 14.4. The average molecular weight is 874 g/mol. The lowest BCUT2D eigenvalue weighted by molar-refractivity contribution is -0.142. The molecule has 3 fully saturated rings. The number of amides is 4. The molecule has 14 nitrogen and oxygen atoms in total. The number of pyridine rings is 1. The maximum atomic E-state index is 14.8. The van der Waals surface area contributed by atoms with E-state index in [9.17, 15) is 37.4 Å². The van der Waals surface area contributed by atoms with Crippen LogP contribution in [0.2, 0.25) is 5.02 Å². The molecule has 1 aromatic heterocycles. The zero-order chi connectivity index (χ0) is 43.9. The van der Waals surface area contributed by atoms with E-state index in [1.807, 2.05) is 0 Å². The summed E-state index contributed by atoms with van der Waals surface area (Å²) in [6.07, 6.45) is 1.48. The summed E-state index contributed by atoms with van der Waals surface area (Å²) in [5, 5.41) is 4.11. The van der Waals surface area contributed by atoms with Crippen LogP contribution in [0.15, 0.2) is 49.1 Å². The number of ether oxygens (including phenoxy) is 3. The first kappa shape index (κ1) is 44.8. The summed E-state index contributed by atoms with van der Waals surface area (Å²) in [5.74, 6) is -4.25. The van der Waals surface area contributed by atoms with Gasteiger partial charge in [0.05, 0.1) is 25.3 Å². The fourth-order valence-corrected chi connectivity index (χ4v) is 10.7. The lowest BCUT2D eigenvalue weighted by Crippen LogP contribution is -2.58. The Kier molecular flexibility index (Phi) is 12.9.